The van der Waals surface area contributed by atoms with Gasteiger partial charge in [-0.05, 0) is 18.9 Å². The van der Waals surface area contributed by atoms with Crippen molar-refractivity contribution >= 4 is 7.75 Å². The van der Waals surface area contributed by atoms with Gasteiger partial charge in [-0.25, -0.2) is 14.4 Å². The van der Waals surface area contributed by atoms with Gasteiger partial charge in [-0.2, -0.15) is 0 Å². The van der Waals surface area contributed by atoms with E-state index in [1.165, 1.54) is 10.8 Å². The lowest BCUT2D eigenvalue weighted by molar-refractivity contribution is -0.0243. The number of nitrogens with zero attached hydrogens (tertiary/aromatic N) is 4. The molecule has 2 heterocycles. The number of nitrogens with one attached hydrogen (secondary N) is 2. The van der Waals surface area contributed by atoms with Crippen molar-refractivity contribution < 1.29 is 18.7 Å². The zero-order valence-electron chi connectivity index (χ0n) is 15.1. The molecule has 4 unspecified atom stereocenters. The molecule has 0 aromatic carbocycles. The summed E-state index contributed by atoms with van der Waals surface area (Å²) in [7, 11) is -4.02. The molecule has 0 spiro atoms. The molecule has 1 aromatic rings. The molecule has 1 aliphatic heterocycles. The number of aromatic amines is 1. The number of ether oxygens (including phenoxy) is 1. The maximum Gasteiger partial charge on any atom is 0.403 e. The molecule has 1 fully saturated rings. The van der Waals surface area contributed by atoms with Crippen molar-refractivity contribution in [3.8, 4) is 0 Å². The smallest absolute Gasteiger partial charge is 0.352 e. The maximum absolute atomic E-state index is 12.0. The lowest BCUT2D eigenvalue weighted by Crippen LogP contribution is -2.33. The predicted molar refractivity (Wildman–Crippen MR) is 96.2 cm³/mol. The van der Waals surface area contributed by atoms with Gasteiger partial charge in [0.1, 0.15) is 6.23 Å². The Morgan fingerprint density at radius 3 is 3.00 bits per heavy atom. The Bertz CT molecular complexity index is 862. The second-order valence-electron chi connectivity index (χ2n) is 6.19. The molecule has 0 amide bonds. The van der Waals surface area contributed by atoms with Gasteiger partial charge in [-0.3, -0.25) is 18.9 Å². The van der Waals surface area contributed by atoms with E-state index in [1.54, 1.807) is 6.92 Å². The molecule has 0 radical (unpaired) electrons. The zero-order chi connectivity index (χ0) is 20.0. The number of aromatic nitrogens is 2. The van der Waals surface area contributed by atoms with Crippen LogP contribution in [0.25, 0.3) is 10.4 Å². The van der Waals surface area contributed by atoms with Crippen LogP contribution in [0.2, 0.25) is 0 Å². The highest BCUT2D eigenvalue weighted by Crippen LogP contribution is 2.39. The van der Waals surface area contributed by atoms with Crippen LogP contribution in [-0.4, -0.2) is 39.7 Å². The number of rotatable bonds is 9. The fourth-order valence-corrected chi connectivity index (χ4v) is 3.52. The Hall–Kier alpha value is -1.94. The van der Waals surface area contributed by atoms with E-state index >= 15 is 0 Å². The van der Waals surface area contributed by atoms with Gasteiger partial charge in [0.25, 0.3) is 5.56 Å². The van der Waals surface area contributed by atoms with Crippen LogP contribution in [0.5, 0.6) is 0 Å². The fourth-order valence-electron chi connectivity index (χ4n) is 2.64. The summed E-state index contributed by atoms with van der Waals surface area (Å²) in [6, 6.07) is -0.699. The quantitative estimate of drug-likeness (QED) is 0.184. The van der Waals surface area contributed by atoms with Crippen molar-refractivity contribution in [3.05, 3.63) is 43.0 Å². The van der Waals surface area contributed by atoms with E-state index in [0.717, 1.165) is 6.42 Å². The van der Waals surface area contributed by atoms with E-state index in [9.17, 15) is 19.0 Å². The Morgan fingerprint density at radius 2 is 2.33 bits per heavy atom. The molecule has 4 atom stereocenters. The van der Waals surface area contributed by atoms with Crippen LogP contribution in [0.3, 0.4) is 0 Å². The van der Waals surface area contributed by atoms with Crippen LogP contribution < -0.4 is 16.3 Å². The van der Waals surface area contributed by atoms with E-state index in [-0.39, 0.29) is 13.0 Å². The fraction of sp³-hybridized carbons (Fsp3) is 0.714. The van der Waals surface area contributed by atoms with Gasteiger partial charge in [-0.1, -0.05) is 18.5 Å². The zero-order valence-corrected chi connectivity index (χ0v) is 16.0. The third-order valence-corrected chi connectivity index (χ3v) is 5.24. The lowest BCUT2D eigenvalue weighted by atomic mass is 10.1. The Labute approximate surface area is 154 Å². The molecule has 27 heavy (non-hydrogen) atoms. The van der Waals surface area contributed by atoms with Crippen molar-refractivity contribution in [2.45, 2.75) is 51.5 Å². The highest BCUT2D eigenvalue weighted by Gasteiger charge is 2.37. The molecule has 0 saturated carbocycles. The number of unbranched alkanes of at least 4 members (excludes halogenated alkanes) is 1. The van der Waals surface area contributed by atoms with Crippen LogP contribution in [-0.2, 0) is 13.8 Å². The summed E-state index contributed by atoms with van der Waals surface area (Å²) in [6.07, 6.45) is 1.45. The summed E-state index contributed by atoms with van der Waals surface area (Å²) < 4.78 is 23.9. The SMILES string of the molecule is CCCCNP(=O)(O)OCC1OC(n2cc(C)c(=O)[nH]c2=O)CC1N=[N+]=[N-]. The Morgan fingerprint density at radius 1 is 1.59 bits per heavy atom. The van der Waals surface area contributed by atoms with Gasteiger partial charge < -0.3 is 9.63 Å². The molecule has 0 bridgehead atoms. The lowest BCUT2D eigenvalue weighted by Gasteiger charge is -2.19. The summed E-state index contributed by atoms with van der Waals surface area (Å²) >= 11 is 0. The summed E-state index contributed by atoms with van der Waals surface area (Å²) in [4.78, 5) is 38.2. The molecule has 3 N–H and O–H groups in total. The van der Waals surface area contributed by atoms with Crippen LogP contribution in [0.4, 0.5) is 0 Å². The first-order chi connectivity index (χ1) is 12.8. The van der Waals surface area contributed by atoms with Crippen molar-refractivity contribution in [1.29, 1.82) is 0 Å². The molecule has 12 nitrogen and oxygen atoms in total. The van der Waals surface area contributed by atoms with Crippen molar-refractivity contribution in [1.82, 2.24) is 14.6 Å². The molecule has 13 heteroatoms. The van der Waals surface area contributed by atoms with Gasteiger partial charge in [-0.15, -0.1) is 0 Å². The molecule has 0 aliphatic carbocycles. The number of hydrogen-bond donors (Lipinski definition) is 3. The minimum absolute atomic E-state index is 0.155. The molecule has 1 aromatic heterocycles. The molecule has 1 saturated heterocycles. The highest BCUT2D eigenvalue weighted by molar-refractivity contribution is 7.50. The summed E-state index contributed by atoms with van der Waals surface area (Å²) in [5.41, 5.74) is 7.89. The van der Waals surface area contributed by atoms with Crippen molar-refractivity contribution in [3.63, 3.8) is 0 Å². The number of hydrogen-bond acceptors (Lipinski definition) is 6. The molecule has 2 rings (SSSR count). The largest absolute Gasteiger partial charge is 0.403 e. The minimum Gasteiger partial charge on any atom is -0.352 e. The van der Waals surface area contributed by atoms with Crippen molar-refractivity contribution in [2.75, 3.05) is 13.2 Å². The Balaban J connectivity index is 2.10. The van der Waals surface area contributed by atoms with Crippen LogP contribution in [0.15, 0.2) is 20.9 Å². The standard InChI is InChI=1S/C14H23N6O6P/c1-3-4-5-16-27(23,24)25-8-11-10(18-19-15)6-12(26-11)20-7-9(2)13(21)17-14(20)22/h7,10-12H,3-6,8H2,1-2H3,(H2,16,23,24)(H,17,21,22). The predicted octanol–water partition coefficient (Wildman–Crippen LogP) is 1.32. The van der Waals surface area contributed by atoms with Gasteiger partial charge in [0, 0.05) is 29.6 Å². The molecular formula is C14H23N6O6P. The maximum atomic E-state index is 12.0. The van der Waals surface area contributed by atoms with Gasteiger partial charge in [0.15, 0.2) is 0 Å². The van der Waals surface area contributed by atoms with E-state index in [1.807, 2.05) is 6.92 Å². The number of H-pyrrole nitrogens is 1. The molecule has 150 valence electrons. The van der Waals surface area contributed by atoms with Crippen LogP contribution in [0.1, 0.15) is 38.0 Å². The third-order valence-electron chi connectivity index (χ3n) is 4.12. The van der Waals surface area contributed by atoms with E-state index in [2.05, 4.69) is 20.1 Å². The minimum atomic E-state index is -4.02. The average Bonchev–Trinajstić information content (AvgIpc) is 3.00. The van der Waals surface area contributed by atoms with E-state index in [4.69, 9.17) is 14.8 Å². The van der Waals surface area contributed by atoms with Crippen LogP contribution in [0, 0.1) is 6.92 Å². The Kier molecular flexibility index (Phi) is 7.37. The molecule has 1 aliphatic rings. The second kappa shape index (κ2) is 9.32. The van der Waals surface area contributed by atoms with Gasteiger partial charge >= 0.3 is 13.4 Å². The third kappa shape index (κ3) is 5.77. The molecular weight excluding hydrogens is 379 g/mol. The van der Waals surface area contributed by atoms with Crippen LogP contribution >= 0.6 is 7.75 Å². The summed E-state index contributed by atoms with van der Waals surface area (Å²) in [5.74, 6) is 0. The van der Waals surface area contributed by atoms with Gasteiger partial charge in [0.2, 0.25) is 0 Å². The summed E-state index contributed by atoms with van der Waals surface area (Å²) in [5, 5.41) is 6.05. The number of aryl methyl sites for hydroxylation is 1. The van der Waals surface area contributed by atoms with Gasteiger partial charge in [0.05, 0.1) is 18.8 Å². The van der Waals surface area contributed by atoms with Crippen molar-refractivity contribution in [2.24, 2.45) is 5.11 Å². The average molecular weight is 402 g/mol. The second-order valence-corrected chi connectivity index (χ2v) is 7.81. The first-order valence-electron chi connectivity index (χ1n) is 8.51. The topological polar surface area (TPSA) is 171 Å². The first kappa shape index (κ1) is 21.4. The van der Waals surface area contributed by atoms with E-state index < -0.39 is 37.4 Å². The van der Waals surface area contributed by atoms with E-state index in [0.29, 0.717) is 18.5 Å². The summed E-state index contributed by atoms with van der Waals surface area (Å²) in [6.45, 7) is 3.51. The monoisotopic (exact) mass is 402 g/mol. The normalized spacial score (nSPS) is 24.3. The number of azide groups is 1. The first-order valence-corrected chi connectivity index (χ1v) is 10.1. The highest BCUT2D eigenvalue weighted by atomic mass is 31.2.